The number of tetrazole rings is 1. The van der Waals surface area contributed by atoms with Gasteiger partial charge in [-0.15, -0.1) is 16.4 Å². The van der Waals surface area contributed by atoms with Crippen LogP contribution < -0.4 is 5.56 Å². The Labute approximate surface area is 156 Å². The lowest BCUT2D eigenvalue weighted by atomic mass is 10.1. The Balaban J connectivity index is 1.51. The second-order valence-corrected chi connectivity index (χ2v) is 6.62. The fraction of sp³-hybridized carbons (Fsp3) is 0.176. The second kappa shape index (κ2) is 7.46. The van der Waals surface area contributed by atoms with E-state index in [2.05, 4.69) is 20.5 Å². The zero-order valence-corrected chi connectivity index (χ0v) is 14.8. The van der Waals surface area contributed by atoms with Gasteiger partial charge in [0.2, 0.25) is 0 Å². The Hall–Kier alpha value is -3.40. The minimum absolute atomic E-state index is 0.101. The molecule has 0 saturated heterocycles. The summed E-state index contributed by atoms with van der Waals surface area (Å²) < 4.78 is 8.21. The predicted octanol–water partition coefficient (Wildman–Crippen LogP) is 1.27. The van der Waals surface area contributed by atoms with E-state index in [4.69, 9.17) is 4.74 Å². The molecule has 1 atom stereocenters. The van der Waals surface area contributed by atoms with Gasteiger partial charge < -0.3 is 4.74 Å². The average Bonchev–Trinajstić information content (AvgIpc) is 3.37. The number of rotatable bonds is 6. The fourth-order valence-electron chi connectivity index (χ4n) is 2.64. The first-order chi connectivity index (χ1) is 13.2. The van der Waals surface area contributed by atoms with Gasteiger partial charge in [-0.2, -0.15) is 0 Å². The number of fused-ring (bicyclic) bond motifs is 1. The molecule has 0 amide bonds. The highest BCUT2D eigenvalue weighted by Gasteiger charge is 2.24. The quantitative estimate of drug-likeness (QED) is 0.463. The standard InChI is InChI=1S/C17H14N6O3S/c24-15-9-13(19-17-22(15)6-7-27-17)10-26-16(25)14(23-11-18-20-21-23)8-12-4-2-1-3-5-12/h1-7,9,11,14H,8,10H2/t14-/m1/s1. The molecule has 27 heavy (non-hydrogen) atoms. The van der Waals surface area contributed by atoms with Gasteiger partial charge in [-0.1, -0.05) is 30.3 Å². The lowest BCUT2D eigenvalue weighted by molar-refractivity contribution is -0.149. The van der Waals surface area contributed by atoms with Crippen molar-refractivity contribution in [3.8, 4) is 0 Å². The highest BCUT2D eigenvalue weighted by atomic mass is 32.1. The van der Waals surface area contributed by atoms with Gasteiger partial charge in [0.15, 0.2) is 11.0 Å². The summed E-state index contributed by atoms with van der Waals surface area (Å²) in [6.07, 6.45) is 3.40. The van der Waals surface area contributed by atoms with Gasteiger partial charge in [0.25, 0.3) is 5.56 Å². The van der Waals surface area contributed by atoms with Crippen molar-refractivity contribution in [2.24, 2.45) is 0 Å². The monoisotopic (exact) mass is 382 g/mol. The van der Waals surface area contributed by atoms with Crippen LogP contribution in [-0.4, -0.2) is 35.6 Å². The van der Waals surface area contributed by atoms with Crippen molar-refractivity contribution in [2.45, 2.75) is 19.1 Å². The molecule has 4 rings (SSSR count). The van der Waals surface area contributed by atoms with Crippen molar-refractivity contribution in [2.75, 3.05) is 0 Å². The molecule has 136 valence electrons. The number of hydrogen-bond acceptors (Lipinski definition) is 8. The summed E-state index contributed by atoms with van der Waals surface area (Å²) in [5.41, 5.74) is 1.13. The van der Waals surface area contributed by atoms with E-state index >= 15 is 0 Å². The highest BCUT2D eigenvalue weighted by molar-refractivity contribution is 7.15. The molecule has 0 saturated carbocycles. The summed E-state index contributed by atoms with van der Waals surface area (Å²) in [6.45, 7) is -0.101. The molecule has 0 aliphatic rings. The minimum atomic E-state index is -0.714. The molecule has 0 spiro atoms. The van der Waals surface area contributed by atoms with Crippen LogP contribution in [0.2, 0.25) is 0 Å². The molecule has 3 aromatic heterocycles. The van der Waals surface area contributed by atoms with Crippen molar-refractivity contribution >= 4 is 22.3 Å². The van der Waals surface area contributed by atoms with E-state index in [-0.39, 0.29) is 12.2 Å². The lowest BCUT2D eigenvalue weighted by Crippen LogP contribution is -2.25. The zero-order chi connectivity index (χ0) is 18.6. The smallest absolute Gasteiger partial charge is 0.331 e. The third-order valence-electron chi connectivity index (χ3n) is 3.95. The number of nitrogens with zero attached hydrogens (tertiary/aromatic N) is 6. The van der Waals surface area contributed by atoms with E-state index in [1.54, 1.807) is 11.6 Å². The van der Waals surface area contributed by atoms with E-state index in [1.807, 2.05) is 30.3 Å². The van der Waals surface area contributed by atoms with Gasteiger partial charge in [0.05, 0.1) is 5.69 Å². The normalized spacial score (nSPS) is 12.1. The number of hydrogen-bond donors (Lipinski definition) is 0. The molecule has 0 unspecified atom stereocenters. The molecule has 0 radical (unpaired) electrons. The van der Waals surface area contributed by atoms with E-state index < -0.39 is 12.0 Å². The van der Waals surface area contributed by atoms with Crippen molar-refractivity contribution in [1.29, 1.82) is 0 Å². The van der Waals surface area contributed by atoms with E-state index in [0.29, 0.717) is 17.1 Å². The van der Waals surface area contributed by atoms with Crippen molar-refractivity contribution in [1.82, 2.24) is 29.6 Å². The first-order valence-corrected chi connectivity index (χ1v) is 8.97. The van der Waals surface area contributed by atoms with Crippen LogP contribution in [0.4, 0.5) is 0 Å². The summed E-state index contributed by atoms with van der Waals surface area (Å²) in [5, 5.41) is 12.8. The van der Waals surface area contributed by atoms with Crippen LogP contribution in [0.5, 0.6) is 0 Å². The fourth-order valence-corrected chi connectivity index (χ4v) is 3.38. The maximum absolute atomic E-state index is 12.7. The molecule has 4 aromatic rings. The van der Waals surface area contributed by atoms with Crippen LogP contribution in [-0.2, 0) is 22.6 Å². The zero-order valence-electron chi connectivity index (χ0n) is 14.0. The van der Waals surface area contributed by atoms with Crippen molar-refractivity contribution < 1.29 is 9.53 Å². The van der Waals surface area contributed by atoms with Crippen LogP contribution in [0.1, 0.15) is 17.3 Å². The molecular weight excluding hydrogens is 368 g/mol. The Bertz CT molecular complexity index is 1110. The number of aromatic nitrogens is 6. The topological polar surface area (TPSA) is 104 Å². The second-order valence-electron chi connectivity index (χ2n) is 5.74. The van der Waals surface area contributed by atoms with Gasteiger partial charge in [0, 0.05) is 24.1 Å². The van der Waals surface area contributed by atoms with E-state index in [9.17, 15) is 9.59 Å². The van der Waals surface area contributed by atoms with Gasteiger partial charge in [-0.05, 0) is 16.0 Å². The van der Waals surface area contributed by atoms with Gasteiger partial charge in [-0.25, -0.2) is 14.5 Å². The van der Waals surface area contributed by atoms with Crippen LogP contribution in [0.15, 0.2) is 59.1 Å². The lowest BCUT2D eigenvalue weighted by Gasteiger charge is -2.15. The third-order valence-corrected chi connectivity index (χ3v) is 4.70. The first kappa shape index (κ1) is 17.0. The summed E-state index contributed by atoms with van der Waals surface area (Å²) in [5.74, 6) is -0.501. The minimum Gasteiger partial charge on any atom is -0.458 e. The van der Waals surface area contributed by atoms with Gasteiger partial charge >= 0.3 is 5.97 Å². The molecule has 9 nitrogen and oxygen atoms in total. The van der Waals surface area contributed by atoms with Crippen LogP contribution in [0.25, 0.3) is 4.96 Å². The van der Waals surface area contributed by atoms with Crippen LogP contribution in [0.3, 0.4) is 0 Å². The SMILES string of the molecule is O=C(OCc1cc(=O)n2ccsc2n1)[C@@H](Cc1ccccc1)n1cnnn1. The maximum atomic E-state index is 12.7. The number of thiazole rings is 1. The molecule has 0 bridgehead atoms. The summed E-state index contributed by atoms with van der Waals surface area (Å²) in [6, 6.07) is 10.2. The number of carbonyl (C=O) groups excluding carboxylic acids is 1. The number of esters is 1. The van der Waals surface area contributed by atoms with Crippen LogP contribution in [0, 0.1) is 0 Å². The molecule has 0 fully saturated rings. The van der Waals surface area contributed by atoms with Crippen LogP contribution >= 0.6 is 11.3 Å². The summed E-state index contributed by atoms with van der Waals surface area (Å²) in [7, 11) is 0. The highest BCUT2D eigenvalue weighted by Crippen LogP contribution is 2.16. The summed E-state index contributed by atoms with van der Waals surface area (Å²) in [4.78, 5) is 29.6. The molecule has 10 heteroatoms. The van der Waals surface area contributed by atoms with Gasteiger partial charge in [0.1, 0.15) is 12.9 Å². The number of benzene rings is 1. The van der Waals surface area contributed by atoms with Crippen molar-refractivity contribution in [3.05, 3.63) is 75.9 Å². The molecule has 0 N–H and O–H groups in total. The van der Waals surface area contributed by atoms with Gasteiger partial charge in [-0.3, -0.25) is 9.20 Å². The Morgan fingerprint density at radius 1 is 1.26 bits per heavy atom. The maximum Gasteiger partial charge on any atom is 0.331 e. The first-order valence-electron chi connectivity index (χ1n) is 8.09. The Morgan fingerprint density at radius 3 is 2.89 bits per heavy atom. The average molecular weight is 382 g/mol. The number of carbonyl (C=O) groups is 1. The molecular formula is C17H14N6O3S. The largest absolute Gasteiger partial charge is 0.458 e. The molecule has 0 aliphatic carbocycles. The van der Waals surface area contributed by atoms with Crippen molar-refractivity contribution in [3.63, 3.8) is 0 Å². The molecule has 0 aliphatic heterocycles. The predicted molar refractivity (Wildman–Crippen MR) is 96.1 cm³/mol. The molecule has 1 aromatic carbocycles. The third kappa shape index (κ3) is 3.75. The Morgan fingerprint density at radius 2 is 2.11 bits per heavy atom. The van der Waals surface area contributed by atoms with E-state index in [0.717, 1.165) is 5.56 Å². The van der Waals surface area contributed by atoms with E-state index in [1.165, 1.54) is 32.8 Å². The molecule has 3 heterocycles. The Kier molecular flexibility index (Phi) is 4.71. The summed E-state index contributed by atoms with van der Waals surface area (Å²) >= 11 is 1.34. The number of ether oxygens (including phenoxy) is 1.